The van der Waals surface area contributed by atoms with E-state index in [4.69, 9.17) is 5.11 Å². The average Bonchev–Trinajstić information content (AvgIpc) is 2.30. The van der Waals surface area contributed by atoms with E-state index in [1.807, 2.05) is 6.07 Å². The van der Waals surface area contributed by atoms with Crippen molar-refractivity contribution in [3.05, 3.63) is 30.3 Å². The molecule has 1 atom stereocenters. The minimum Gasteiger partial charge on any atom is -0.396 e. The third-order valence-electron chi connectivity index (χ3n) is 2.90. The molecule has 2 rings (SSSR count). The molecule has 1 fully saturated rings. The molecule has 1 aromatic rings. The molecule has 1 saturated heterocycles. The summed E-state index contributed by atoms with van der Waals surface area (Å²) in [4.78, 5) is 2.37. The molecule has 0 saturated carbocycles. The molecule has 1 aliphatic heterocycles. The number of hydrogen-bond acceptors (Lipinski definition) is 2. The van der Waals surface area contributed by atoms with Gasteiger partial charge in [0.2, 0.25) is 0 Å². The van der Waals surface area contributed by atoms with Crippen LogP contribution in [0.5, 0.6) is 0 Å². The van der Waals surface area contributed by atoms with Gasteiger partial charge in [-0.25, -0.2) is 0 Å². The maximum absolute atomic E-state index is 9.13. The number of aliphatic hydroxyl groups is 1. The van der Waals surface area contributed by atoms with Crippen LogP contribution in [0, 0.1) is 5.92 Å². The Morgan fingerprint density at radius 3 is 2.79 bits per heavy atom. The van der Waals surface area contributed by atoms with Crippen LogP contribution < -0.4 is 4.90 Å². The largest absolute Gasteiger partial charge is 0.396 e. The molecule has 1 N–H and O–H groups in total. The summed E-state index contributed by atoms with van der Waals surface area (Å²) in [7, 11) is 0. The first-order chi connectivity index (χ1) is 6.90. The van der Waals surface area contributed by atoms with Gasteiger partial charge in [-0.2, -0.15) is 0 Å². The van der Waals surface area contributed by atoms with Crippen LogP contribution in [0.4, 0.5) is 5.69 Å². The van der Waals surface area contributed by atoms with Crippen LogP contribution in [0.1, 0.15) is 12.8 Å². The number of nitrogens with zero attached hydrogens (tertiary/aromatic N) is 1. The lowest BCUT2D eigenvalue weighted by Crippen LogP contribution is -2.36. The van der Waals surface area contributed by atoms with Crippen molar-refractivity contribution < 1.29 is 5.11 Å². The van der Waals surface area contributed by atoms with E-state index in [1.54, 1.807) is 0 Å². The Morgan fingerprint density at radius 2 is 2.07 bits per heavy atom. The van der Waals surface area contributed by atoms with Crippen LogP contribution in [0.3, 0.4) is 0 Å². The molecule has 14 heavy (non-hydrogen) atoms. The van der Waals surface area contributed by atoms with Gasteiger partial charge >= 0.3 is 0 Å². The fourth-order valence-corrected chi connectivity index (χ4v) is 2.09. The number of anilines is 1. The molecular formula is C12H17NO. The molecule has 1 unspecified atom stereocenters. The number of para-hydroxylation sites is 1. The molecule has 0 aliphatic carbocycles. The molecule has 0 bridgehead atoms. The Balaban J connectivity index is 2.04. The smallest absolute Gasteiger partial charge is 0.0476 e. The van der Waals surface area contributed by atoms with E-state index in [9.17, 15) is 0 Å². The number of aliphatic hydroxyl groups excluding tert-OH is 1. The van der Waals surface area contributed by atoms with E-state index in [0.29, 0.717) is 12.5 Å². The highest BCUT2D eigenvalue weighted by Crippen LogP contribution is 2.22. The SMILES string of the molecule is OCC1CCCN(c2ccccc2)C1. The summed E-state index contributed by atoms with van der Waals surface area (Å²) in [5, 5.41) is 9.13. The van der Waals surface area contributed by atoms with E-state index in [0.717, 1.165) is 13.1 Å². The van der Waals surface area contributed by atoms with Gasteiger partial charge in [0.15, 0.2) is 0 Å². The zero-order valence-corrected chi connectivity index (χ0v) is 8.39. The second-order valence-corrected chi connectivity index (χ2v) is 3.97. The Morgan fingerprint density at radius 1 is 1.29 bits per heavy atom. The molecule has 1 aromatic carbocycles. The Hall–Kier alpha value is -1.02. The lowest BCUT2D eigenvalue weighted by Gasteiger charge is -2.33. The summed E-state index contributed by atoms with van der Waals surface area (Å²) in [6.07, 6.45) is 2.36. The monoisotopic (exact) mass is 191 g/mol. The van der Waals surface area contributed by atoms with Gasteiger partial charge in [0, 0.05) is 25.4 Å². The predicted octanol–water partition coefficient (Wildman–Crippen LogP) is 1.90. The van der Waals surface area contributed by atoms with Crippen molar-refractivity contribution in [2.24, 2.45) is 5.92 Å². The third-order valence-corrected chi connectivity index (χ3v) is 2.90. The van der Waals surface area contributed by atoms with E-state index in [-0.39, 0.29) is 0 Å². The lowest BCUT2D eigenvalue weighted by molar-refractivity contribution is 0.209. The zero-order chi connectivity index (χ0) is 9.80. The van der Waals surface area contributed by atoms with Crippen LogP contribution >= 0.6 is 0 Å². The molecule has 76 valence electrons. The van der Waals surface area contributed by atoms with E-state index < -0.39 is 0 Å². The minimum absolute atomic E-state index is 0.323. The quantitative estimate of drug-likeness (QED) is 0.771. The van der Waals surface area contributed by atoms with Crippen molar-refractivity contribution >= 4 is 5.69 Å². The van der Waals surface area contributed by atoms with Crippen molar-refractivity contribution in [2.75, 3.05) is 24.6 Å². The summed E-state index contributed by atoms with van der Waals surface area (Å²) in [5.41, 5.74) is 1.28. The normalized spacial score (nSPS) is 22.4. The highest BCUT2D eigenvalue weighted by molar-refractivity contribution is 5.46. The summed E-state index contributed by atoms with van der Waals surface area (Å²) < 4.78 is 0. The van der Waals surface area contributed by atoms with Crippen LogP contribution in [-0.4, -0.2) is 24.8 Å². The highest BCUT2D eigenvalue weighted by Gasteiger charge is 2.18. The van der Waals surface area contributed by atoms with Gasteiger partial charge in [-0.15, -0.1) is 0 Å². The molecule has 2 nitrogen and oxygen atoms in total. The highest BCUT2D eigenvalue weighted by atomic mass is 16.3. The van der Waals surface area contributed by atoms with Crippen molar-refractivity contribution in [1.29, 1.82) is 0 Å². The van der Waals surface area contributed by atoms with E-state index >= 15 is 0 Å². The van der Waals surface area contributed by atoms with Gasteiger partial charge in [-0.3, -0.25) is 0 Å². The Bertz CT molecular complexity index is 273. The van der Waals surface area contributed by atoms with Gasteiger partial charge in [0.25, 0.3) is 0 Å². The second kappa shape index (κ2) is 4.47. The summed E-state index contributed by atoms with van der Waals surface area (Å²) in [5.74, 6) is 0.462. The fraction of sp³-hybridized carbons (Fsp3) is 0.500. The third kappa shape index (κ3) is 2.07. The maximum atomic E-state index is 9.13. The first-order valence-electron chi connectivity index (χ1n) is 5.31. The first kappa shape index (κ1) is 9.53. The second-order valence-electron chi connectivity index (χ2n) is 3.97. The summed E-state index contributed by atoms with van der Waals surface area (Å²) >= 11 is 0. The first-order valence-corrected chi connectivity index (χ1v) is 5.31. The predicted molar refractivity (Wildman–Crippen MR) is 58.5 cm³/mol. The molecule has 0 amide bonds. The van der Waals surface area contributed by atoms with Gasteiger partial charge in [0.05, 0.1) is 0 Å². The standard InChI is InChI=1S/C12H17NO/c14-10-11-5-4-8-13(9-11)12-6-2-1-3-7-12/h1-3,6-7,11,14H,4-5,8-10H2. The molecular weight excluding hydrogens is 174 g/mol. The maximum Gasteiger partial charge on any atom is 0.0476 e. The molecule has 0 spiro atoms. The zero-order valence-electron chi connectivity index (χ0n) is 8.39. The fourth-order valence-electron chi connectivity index (χ4n) is 2.09. The van der Waals surface area contributed by atoms with Crippen molar-refractivity contribution in [3.63, 3.8) is 0 Å². The van der Waals surface area contributed by atoms with Crippen LogP contribution in [0.15, 0.2) is 30.3 Å². The van der Waals surface area contributed by atoms with Gasteiger partial charge in [-0.05, 0) is 30.9 Å². The molecule has 0 radical (unpaired) electrons. The number of benzene rings is 1. The van der Waals surface area contributed by atoms with Crippen molar-refractivity contribution in [1.82, 2.24) is 0 Å². The summed E-state index contributed by atoms with van der Waals surface area (Å²) in [6, 6.07) is 10.5. The topological polar surface area (TPSA) is 23.5 Å². The van der Waals surface area contributed by atoms with Crippen LogP contribution in [0.25, 0.3) is 0 Å². The van der Waals surface area contributed by atoms with E-state index in [2.05, 4.69) is 29.2 Å². The van der Waals surface area contributed by atoms with Gasteiger partial charge in [0.1, 0.15) is 0 Å². The average molecular weight is 191 g/mol. The van der Waals surface area contributed by atoms with Crippen molar-refractivity contribution in [2.45, 2.75) is 12.8 Å². The van der Waals surface area contributed by atoms with Crippen LogP contribution in [-0.2, 0) is 0 Å². The summed E-state index contributed by atoms with van der Waals surface area (Å²) in [6.45, 7) is 2.45. The molecule has 2 heteroatoms. The van der Waals surface area contributed by atoms with Crippen molar-refractivity contribution in [3.8, 4) is 0 Å². The van der Waals surface area contributed by atoms with Crippen LogP contribution in [0.2, 0.25) is 0 Å². The Kier molecular flexibility index (Phi) is 3.04. The Labute approximate surface area is 85.2 Å². The molecule has 1 heterocycles. The number of piperidine rings is 1. The molecule has 1 aliphatic rings. The molecule has 0 aromatic heterocycles. The number of hydrogen-bond donors (Lipinski definition) is 1. The van der Waals surface area contributed by atoms with E-state index in [1.165, 1.54) is 18.5 Å². The minimum atomic E-state index is 0.323. The lowest BCUT2D eigenvalue weighted by atomic mass is 9.98. The van der Waals surface area contributed by atoms with Gasteiger partial charge in [-0.1, -0.05) is 18.2 Å². The van der Waals surface area contributed by atoms with Gasteiger partial charge < -0.3 is 10.0 Å². The number of rotatable bonds is 2.